The largest absolute Gasteiger partial charge is 0.469 e. The normalized spacial score (nSPS) is 11.6. The molecule has 0 aliphatic heterocycles. The highest BCUT2D eigenvalue weighted by Crippen LogP contribution is 2.18. The van der Waals surface area contributed by atoms with Gasteiger partial charge in [0.2, 0.25) is 11.8 Å². The number of rotatable bonds is 7. The fourth-order valence-corrected chi connectivity index (χ4v) is 2.57. The summed E-state index contributed by atoms with van der Waals surface area (Å²) in [6.07, 6.45) is 0.290. The van der Waals surface area contributed by atoms with Crippen LogP contribution in [0.3, 0.4) is 0 Å². The third kappa shape index (κ3) is 5.60. The zero-order valence-corrected chi connectivity index (χ0v) is 14.4. The first-order chi connectivity index (χ1) is 12.0. The molecular formula is C19H22N2O4. The smallest absolute Gasteiger partial charge is 0.307 e. The predicted octanol–water partition coefficient (Wildman–Crippen LogP) is 1.57. The Morgan fingerprint density at radius 3 is 2.52 bits per heavy atom. The average Bonchev–Trinajstić information content (AvgIpc) is 2.60. The summed E-state index contributed by atoms with van der Waals surface area (Å²) in [6.45, 7) is 1.57. The number of carbonyl (C=O) groups is 3. The van der Waals surface area contributed by atoms with Crippen LogP contribution in [0.15, 0.2) is 42.5 Å². The zero-order valence-electron chi connectivity index (χ0n) is 14.4. The van der Waals surface area contributed by atoms with Crippen molar-refractivity contribution in [2.75, 3.05) is 13.7 Å². The van der Waals surface area contributed by atoms with E-state index in [4.69, 9.17) is 0 Å². The average molecular weight is 342 g/mol. The minimum absolute atomic E-state index is 0.0895. The molecule has 0 bridgehead atoms. The lowest BCUT2D eigenvalue weighted by molar-refractivity contribution is -0.141. The number of hydrogen-bond donors (Lipinski definition) is 2. The number of methoxy groups -OCH3 is 1. The molecule has 2 N–H and O–H groups in total. The summed E-state index contributed by atoms with van der Waals surface area (Å²) in [7, 11) is 1.30. The van der Waals surface area contributed by atoms with E-state index >= 15 is 0 Å². The van der Waals surface area contributed by atoms with Crippen LogP contribution in [0.1, 0.15) is 18.9 Å². The van der Waals surface area contributed by atoms with Gasteiger partial charge in [0.05, 0.1) is 26.5 Å². The lowest BCUT2D eigenvalue weighted by Gasteiger charge is -2.13. The van der Waals surface area contributed by atoms with Crippen LogP contribution in [0, 0.1) is 0 Å². The fraction of sp³-hybridized carbons (Fsp3) is 0.316. The zero-order chi connectivity index (χ0) is 18.2. The van der Waals surface area contributed by atoms with Gasteiger partial charge in [-0.3, -0.25) is 14.4 Å². The number of fused-ring (bicyclic) bond motifs is 1. The quantitative estimate of drug-likeness (QED) is 0.748. The number of benzene rings is 2. The standard InChI is InChI=1S/C19H22N2O4/c1-13(10-19(24)25-2)21-18(23)12-20-17(22)11-15-8-5-7-14-6-3-4-9-16(14)15/h3-9,13H,10-12H2,1-2H3,(H,20,22)(H,21,23). The van der Waals surface area contributed by atoms with Crippen LogP contribution in [-0.2, 0) is 25.5 Å². The Morgan fingerprint density at radius 2 is 1.76 bits per heavy atom. The first-order valence-electron chi connectivity index (χ1n) is 8.09. The van der Waals surface area contributed by atoms with Crippen LogP contribution >= 0.6 is 0 Å². The molecule has 6 nitrogen and oxygen atoms in total. The van der Waals surface area contributed by atoms with Crippen LogP contribution in [0.5, 0.6) is 0 Å². The molecule has 0 saturated carbocycles. The lowest BCUT2D eigenvalue weighted by Crippen LogP contribution is -2.42. The van der Waals surface area contributed by atoms with Gasteiger partial charge in [-0.25, -0.2) is 0 Å². The third-order valence-electron chi connectivity index (χ3n) is 3.78. The maximum atomic E-state index is 12.1. The molecule has 0 heterocycles. The topological polar surface area (TPSA) is 84.5 Å². The fourth-order valence-electron chi connectivity index (χ4n) is 2.57. The molecule has 0 saturated heterocycles. The van der Waals surface area contributed by atoms with E-state index in [0.29, 0.717) is 0 Å². The molecule has 0 aliphatic carbocycles. The number of nitrogens with one attached hydrogen (secondary N) is 2. The van der Waals surface area contributed by atoms with E-state index in [1.165, 1.54) is 7.11 Å². The Labute approximate surface area is 146 Å². The molecule has 1 atom stereocenters. The highest BCUT2D eigenvalue weighted by molar-refractivity contribution is 5.91. The molecule has 0 aromatic heterocycles. The van der Waals surface area contributed by atoms with Gasteiger partial charge >= 0.3 is 5.97 Å². The molecule has 132 valence electrons. The molecule has 2 rings (SSSR count). The molecule has 25 heavy (non-hydrogen) atoms. The first kappa shape index (κ1) is 18.4. The van der Waals surface area contributed by atoms with Crippen molar-refractivity contribution in [3.8, 4) is 0 Å². The summed E-state index contributed by atoms with van der Waals surface area (Å²) in [6, 6.07) is 13.3. The van der Waals surface area contributed by atoms with Crippen molar-refractivity contribution in [2.24, 2.45) is 0 Å². The summed E-state index contributed by atoms with van der Waals surface area (Å²) in [5, 5.41) is 7.34. The first-order valence-corrected chi connectivity index (χ1v) is 8.09. The highest BCUT2D eigenvalue weighted by Gasteiger charge is 2.13. The number of carbonyl (C=O) groups excluding carboxylic acids is 3. The molecular weight excluding hydrogens is 320 g/mol. The van der Waals surface area contributed by atoms with E-state index < -0.39 is 5.97 Å². The second-order valence-electron chi connectivity index (χ2n) is 5.84. The van der Waals surface area contributed by atoms with Crippen LogP contribution in [0.4, 0.5) is 0 Å². The van der Waals surface area contributed by atoms with Gasteiger partial charge < -0.3 is 15.4 Å². The molecule has 0 radical (unpaired) electrons. The summed E-state index contributed by atoms with van der Waals surface area (Å²) in [5.74, 6) is -0.970. The van der Waals surface area contributed by atoms with Gasteiger partial charge in [-0.1, -0.05) is 42.5 Å². The molecule has 2 aromatic carbocycles. The highest BCUT2D eigenvalue weighted by atomic mass is 16.5. The summed E-state index contributed by atoms with van der Waals surface area (Å²) >= 11 is 0. The van der Waals surface area contributed by atoms with Crippen molar-refractivity contribution >= 4 is 28.6 Å². The van der Waals surface area contributed by atoms with Crippen molar-refractivity contribution in [1.29, 1.82) is 0 Å². The maximum absolute atomic E-state index is 12.1. The number of esters is 1. The van der Waals surface area contributed by atoms with Crippen LogP contribution in [0.25, 0.3) is 10.8 Å². The molecule has 0 aliphatic rings. The molecule has 2 amide bonds. The Hall–Kier alpha value is -2.89. The number of amides is 2. The SMILES string of the molecule is COC(=O)CC(C)NC(=O)CNC(=O)Cc1cccc2ccccc12. The van der Waals surface area contributed by atoms with Gasteiger partial charge in [-0.2, -0.15) is 0 Å². The van der Waals surface area contributed by atoms with E-state index in [9.17, 15) is 14.4 Å². The molecule has 0 spiro atoms. The maximum Gasteiger partial charge on any atom is 0.307 e. The number of hydrogen-bond acceptors (Lipinski definition) is 4. The second-order valence-corrected chi connectivity index (χ2v) is 5.84. The van der Waals surface area contributed by atoms with Crippen LogP contribution in [-0.4, -0.2) is 37.5 Å². The second kappa shape index (κ2) is 8.82. The monoisotopic (exact) mass is 342 g/mol. The minimum atomic E-state index is -0.396. The van der Waals surface area contributed by atoms with Gasteiger partial charge in [0, 0.05) is 6.04 Å². The van der Waals surface area contributed by atoms with E-state index in [0.717, 1.165) is 16.3 Å². The van der Waals surface area contributed by atoms with Gasteiger partial charge in [-0.15, -0.1) is 0 Å². The van der Waals surface area contributed by atoms with E-state index in [1.54, 1.807) is 6.92 Å². The Morgan fingerprint density at radius 1 is 1.04 bits per heavy atom. The van der Waals surface area contributed by atoms with Crippen molar-refractivity contribution in [3.63, 3.8) is 0 Å². The molecule has 0 fully saturated rings. The lowest BCUT2D eigenvalue weighted by atomic mass is 10.0. The summed E-state index contributed by atoms with van der Waals surface area (Å²) in [4.78, 5) is 35.1. The molecule has 2 aromatic rings. The van der Waals surface area contributed by atoms with Gasteiger partial charge in [0.25, 0.3) is 0 Å². The minimum Gasteiger partial charge on any atom is -0.469 e. The van der Waals surface area contributed by atoms with E-state index in [2.05, 4.69) is 15.4 Å². The summed E-state index contributed by atoms with van der Waals surface area (Å²) in [5.41, 5.74) is 0.912. The third-order valence-corrected chi connectivity index (χ3v) is 3.78. The Bertz CT molecular complexity index is 768. The van der Waals surface area contributed by atoms with Gasteiger partial charge in [0.1, 0.15) is 0 Å². The Balaban J connectivity index is 1.84. The predicted molar refractivity (Wildman–Crippen MR) is 94.9 cm³/mol. The van der Waals surface area contributed by atoms with Crippen molar-refractivity contribution in [3.05, 3.63) is 48.0 Å². The van der Waals surface area contributed by atoms with Gasteiger partial charge in [0.15, 0.2) is 0 Å². The molecule has 6 heteroatoms. The van der Waals surface area contributed by atoms with Crippen molar-refractivity contribution < 1.29 is 19.1 Å². The van der Waals surface area contributed by atoms with Crippen LogP contribution in [0.2, 0.25) is 0 Å². The van der Waals surface area contributed by atoms with Crippen LogP contribution < -0.4 is 10.6 Å². The summed E-state index contributed by atoms with van der Waals surface area (Å²) < 4.78 is 4.54. The molecule has 1 unspecified atom stereocenters. The van der Waals surface area contributed by atoms with Crippen molar-refractivity contribution in [2.45, 2.75) is 25.8 Å². The van der Waals surface area contributed by atoms with Gasteiger partial charge in [-0.05, 0) is 23.3 Å². The van der Waals surface area contributed by atoms with E-state index in [1.807, 2.05) is 42.5 Å². The van der Waals surface area contributed by atoms with Crippen molar-refractivity contribution in [1.82, 2.24) is 10.6 Å². The number of ether oxygens (including phenoxy) is 1. The van der Waals surface area contributed by atoms with E-state index in [-0.39, 0.29) is 37.2 Å². The Kier molecular flexibility index (Phi) is 6.51.